The monoisotopic (exact) mass is 520 g/mol. The fraction of sp³-hybridized carbons (Fsp3) is 0.348. The van der Waals surface area contributed by atoms with Crippen molar-refractivity contribution in [1.82, 2.24) is 20.3 Å². The van der Waals surface area contributed by atoms with Gasteiger partial charge in [-0.2, -0.15) is 4.31 Å². The number of carboxylic acid groups (broad SMARTS) is 1. The van der Waals surface area contributed by atoms with Gasteiger partial charge < -0.3 is 21.1 Å². The number of carbonyl (C=O) groups is 3. The van der Waals surface area contributed by atoms with E-state index < -0.39 is 44.8 Å². The summed E-state index contributed by atoms with van der Waals surface area (Å²) < 4.78 is 26.7. The Morgan fingerprint density at radius 1 is 1.06 bits per heavy atom. The van der Waals surface area contributed by atoms with Crippen molar-refractivity contribution in [1.29, 1.82) is 0 Å². The third-order valence-corrected chi connectivity index (χ3v) is 8.85. The van der Waals surface area contributed by atoms with Gasteiger partial charge in [0.25, 0.3) is 0 Å². The molecular formula is C23H28N4O6S2. The zero-order valence-electron chi connectivity index (χ0n) is 19.3. The highest BCUT2D eigenvalue weighted by Gasteiger charge is 2.51. The van der Waals surface area contributed by atoms with Crippen molar-refractivity contribution in [3.63, 3.8) is 0 Å². The lowest BCUT2D eigenvalue weighted by Crippen LogP contribution is -2.58. The van der Waals surface area contributed by atoms with Gasteiger partial charge in [-0.1, -0.05) is 48.5 Å². The van der Waals surface area contributed by atoms with E-state index in [0.29, 0.717) is 0 Å². The molecule has 12 heteroatoms. The maximum atomic E-state index is 13.2. The summed E-state index contributed by atoms with van der Waals surface area (Å²) in [4.78, 5) is 37.1. The minimum Gasteiger partial charge on any atom is -0.480 e. The average molecular weight is 521 g/mol. The number of hydrogen-bond acceptors (Lipinski definition) is 6. The van der Waals surface area contributed by atoms with Crippen LogP contribution in [0.25, 0.3) is 0 Å². The number of sulfonamides is 1. The van der Waals surface area contributed by atoms with Gasteiger partial charge in [0.15, 0.2) is 0 Å². The zero-order chi connectivity index (χ0) is 25.6. The first-order valence-electron chi connectivity index (χ1n) is 10.8. The van der Waals surface area contributed by atoms with Gasteiger partial charge in [0.1, 0.15) is 12.1 Å². The Bertz CT molecular complexity index is 1160. The van der Waals surface area contributed by atoms with Crippen LogP contribution in [-0.2, 0) is 26.2 Å². The number of nitrogens with one attached hydrogen (secondary N) is 3. The molecule has 188 valence electrons. The molecule has 1 saturated heterocycles. The molecular weight excluding hydrogens is 492 g/mol. The molecule has 0 radical (unpaired) electrons. The Morgan fingerprint density at radius 3 is 2.26 bits per heavy atom. The highest BCUT2D eigenvalue weighted by atomic mass is 32.2. The molecule has 0 bridgehead atoms. The van der Waals surface area contributed by atoms with Crippen LogP contribution in [0, 0.1) is 0 Å². The Labute approximate surface area is 208 Å². The van der Waals surface area contributed by atoms with E-state index >= 15 is 0 Å². The van der Waals surface area contributed by atoms with Crippen molar-refractivity contribution in [3.8, 4) is 0 Å². The van der Waals surface area contributed by atoms with Gasteiger partial charge in [-0.25, -0.2) is 18.0 Å². The molecule has 2 atom stereocenters. The fourth-order valence-electron chi connectivity index (χ4n) is 3.60. The number of thioether (sulfide) groups is 1. The minimum atomic E-state index is -3.99. The predicted molar refractivity (Wildman–Crippen MR) is 132 cm³/mol. The minimum absolute atomic E-state index is 0.0419. The molecule has 1 aliphatic heterocycles. The quantitative estimate of drug-likeness (QED) is 0.393. The van der Waals surface area contributed by atoms with Crippen LogP contribution in [0.1, 0.15) is 19.4 Å². The van der Waals surface area contributed by atoms with E-state index in [-0.39, 0.29) is 23.9 Å². The van der Waals surface area contributed by atoms with Crippen molar-refractivity contribution in [2.24, 2.45) is 0 Å². The van der Waals surface area contributed by atoms with Crippen LogP contribution in [0.2, 0.25) is 0 Å². The van der Waals surface area contributed by atoms with Gasteiger partial charge in [0, 0.05) is 11.3 Å². The normalized spacial score (nSPS) is 18.4. The molecule has 0 aliphatic carbocycles. The Balaban J connectivity index is 1.67. The maximum absolute atomic E-state index is 13.2. The average Bonchev–Trinajstić information content (AvgIpc) is 3.17. The van der Waals surface area contributed by atoms with E-state index in [1.165, 1.54) is 23.9 Å². The summed E-state index contributed by atoms with van der Waals surface area (Å²) >= 11 is 1.28. The standard InChI is InChI=1S/C23H28N4O6S2/c1-23(2)19(27(15-34-23)35(32,33)17-11-7-4-8-12-17)20(28)26-18(21(29)30)14-25-22(31)24-13-16-9-5-3-6-10-16/h3-12,18-19H,13-15H2,1-2H3,(H,26,28)(H,29,30)(H2,24,25,31)/t18?,19-/m1/s1. The summed E-state index contributed by atoms with van der Waals surface area (Å²) in [6, 6.07) is 13.7. The molecule has 1 heterocycles. The van der Waals surface area contributed by atoms with Gasteiger partial charge in [0.05, 0.1) is 17.3 Å². The highest BCUT2D eigenvalue weighted by molar-refractivity contribution is 8.02. The largest absolute Gasteiger partial charge is 0.480 e. The Kier molecular flexibility index (Phi) is 8.41. The first kappa shape index (κ1) is 26.5. The molecule has 0 saturated carbocycles. The molecule has 3 rings (SSSR count). The number of aliphatic carboxylic acids is 1. The molecule has 2 aromatic carbocycles. The molecule has 3 amide bonds. The van der Waals surface area contributed by atoms with E-state index in [4.69, 9.17) is 0 Å². The van der Waals surface area contributed by atoms with Crippen LogP contribution < -0.4 is 16.0 Å². The molecule has 35 heavy (non-hydrogen) atoms. The van der Waals surface area contributed by atoms with Crippen LogP contribution in [-0.4, -0.2) is 65.0 Å². The van der Waals surface area contributed by atoms with Gasteiger partial charge in [-0.15, -0.1) is 11.8 Å². The lowest BCUT2D eigenvalue weighted by atomic mass is 10.0. The molecule has 0 spiro atoms. The SMILES string of the molecule is CC1(C)SCN(S(=O)(=O)c2ccccc2)[C@@H]1C(=O)NC(CNC(=O)NCc1ccccc1)C(=O)O. The summed E-state index contributed by atoms with van der Waals surface area (Å²) in [6.45, 7) is 3.32. The first-order valence-corrected chi connectivity index (χ1v) is 13.2. The topological polar surface area (TPSA) is 145 Å². The van der Waals surface area contributed by atoms with Crippen LogP contribution in [0.3, 0.4) is 0 Å². The second-order valence-electron chi connectivity index (χ2n) is 8.43. The van der Waals surface area contributed by atoms with Crippen molar-refractivity contribution in [3.05, 3.63) is 66.2 Å². The lowest BCUT2D eigenvalue weighted by molar-refractivity contribution is -0.142. The highest BCUT2D eigenvalue weighted by Crippen LogP contribution is 2.42. The third-order valence-electron chi connectivity index (χ3n) is 5.49. The van der Waals surface area contributed by atoms with E-state index in [0.717, 1.165) is 9.87 Å². The Hall–Kier alpha value is -3.09. The third kappa shape index (κ3) is 6.53. The van der Waals surface area contributed by atoms with Gasteiger partial charge in [-0.05, 0) is 31.5 Å². The maximum Gasteiger partial charge on any atom is 0.328 e. The summed E-state index contributed by atoms with van der Waals surface area (Å²) in [5.41, 5.74) is 0.867. The summed E-state index contributed by atoms with van der Waals surface area (Å²) in [5.74, 6) is -2.07. The van der Waals surface area contributed by atoms with Crippen molar-refractivity contribution < 1.29 is 27.9 Å². The summed E-state index contributed by atoms with van der Waals surface area (Å²) in [7, 11) is -3.99. The molecule has 10 nitrogen and oxygen atoms in total. The lowest BCUT2D eigenvalue weighted by Gasteiger charge is -2.30. The number of nitrogens with zero attached hydrogens (tertiary/aromatic N) is 1. The molecule has 1 unspecified atom stereocenters. The van der Waals surface area contributed by atoms with Crippen molar-refractivity contribution in [2.45, 2.75) is 42.1 Å². The van der Waals surface area contributed by atoms with E-state index in [2.05, 4.69) is 16.0 Å². The van der Waals surface area contributed by atoms with Crippen LogP contribution >= 0.6 is 11.8 Å². The van der Waals surface area contributed by atoms with Crippen LogP contribution in [0.15, 0.2) is 65.6 Å². The van der Waals surface area contributed by atoms with Crippen molar-refractivity contribution in [2.75, 3.05) is 12.4 Å². The van der Waals surface area contributed by atoms with E-state index in [1.807, 2.05) is 30.3 Å². The molecule has 2 aromatic rings. The molecule has 1 fully saturated rings. The van der Waals surface area contributed by atoms with E-state index in [9.17, 15) is 27.9 Å². The molecule has 0 aromatic heterocycles. The second kappa shape index (κ2) is 11.1. The van der Waals surface area contributed by atoms with E-state index in [1.54, 1.807) is 32.0 Å². The molecule has 1 aliphatic rings. The Morgan fingerprint density at radius 2 is 1.66 bits per heavy atom. The summed E-state index contributed by atoms with van der Waals surface area (Å²) in [5, 5.41) is 17.0. The number of urea groups is 1. The second-order valence-corrected chi connectivity index (χ2v) is 11.9. The number of benzene rings is 2. The number of amides is 3. The van der Waals surface area contributed by atoms with Crippen LogP contribution in [0.4, 0.5) is 4.79 Å². The number of rotatable bonds is 9. The van der Waals surface area contributed by atoms with Crippen molar-refractivity contribution >= 4 is 39.7 Å². The first-order chi connectivity index (χ1) is 16.5. The summed E-state index contributed by atoms with van der Waals surface area (Å²) in [6.07, 6.45) is 0. The van der Waals surface area contributed by atoms with Crippen LogP contribution in [0.5, 0.6) is 0 Å². The van der Waals surface area contributed by atoms with Gasteiger partial charge >= 0.3 is 12.0 Å². The number of carbonyl (C=O) groups excluding carboxylic acids is 2. The van der Waals surface area contributed by atoms with Gasteiger partial charge in [0.2, 0.25) is 15.9 Å². The number of hydrogen-bond donors (Lipinski definition) is 4. The smallest absolute Gasteiger partial charge is 0.328 e. The number of carboxylic acids is 1. The predicted octanol–water partition coefficient (Wildman–Crippen LogP) is 1.60. The van der Waals surface area contributed by atoms with Gasteiger partial charge in [-0.3, -0.25) is 4.79 Å². The molecule has 4 N–H and O–H groups in total. The fourth-order valence-corrected chi connectivity index (χ4v) is 6.79. The zero-order valence-corrected chi connectivity index (χ0v) is 20.9.